The van der Waals surface area contributed by atoms with Crippen LogP contribution in [0.2, 0.25) is 0 Å². The molecule has 0 aromatic carbocycles. The van der Waals surface area contributed by atoms with E-state index in [0.717, 1.165) is 0 Å². The maximum Gasteiger partial charge on any atom is 0.0537 e. The Balaban J connectivity index is -0.000000125. The first-order valence-corrected chi connectivity index (χ1v) is 2.15. The van der Waals surface area contributed by atoms with Crippen LogP contribution in [0.3, 0.4) is 0 Å². The molecule has 0 aliphatic heterocycles. The molecule has 54 valence electrons. The SMILES string of the molecule is C.C.CNC(C)NC. The summed E-state index contributed by atoms with van der Waals surface area (Å²) in [5.41, 5.74) is 0. The van der Waals surface area contributed by atoms with Gasteiger partial charge in [-0.1, -0.05) is 14.9 Å². The lowest BCUT2D eigenvalue weighted by Gasteiger charge is -2.05. The predicted octanol–water partition coefficient (Wildman–Crippen LogP) is 1.04. The molecule has 2 heteroatoms. The van der Waals surface area contributed by atoms with Crippen LogP contribution < -0.4 is 10.6 Å². The summed E-state index contributed by atoms with van der Waals surface area (Å²) in [6, 6.07) is 0. The fraction of sp³-hybridized carbons (Fsp3) is 1.00. The Morgan fingerprint density at radius 1 is 1.00 bits per heavy atom. The van der Waals surface area contributed by atoms with Gasteiger partial charge in [0.05, 0.1) is 6.17 Å². The van der Waals surface area contributed by atoms with Crippen molar-refractivity contribution >= 4 is 0 Å². The summed E-state index contributed by atoms with van der Waals surface area (Å²) < 4.78 is 0. The van der Waals surface area contributed by atoms with E-state index < -0.39 is 0 Å². The fourth-order valence-corrected chi connectivity index (χ4v) is 0.144. The van der Waals surface area contributed by atoms with Gasteiger partial charge >= 0.3 is 0 Å². The molecular formula is C6H20N2. The number of rotatable bonds is 2. The van der Waals surface area contributed by atoms with Crippen LogP contribution in [0.25, 0.3) is 0 Å². The third kappa shape index (κ3) is 9.33. The molecule has 0 aliphatic carbocycles. The van der Waals surface area contributed by atoms with Gasteiger partial charge in [-0.05, 0) is 21.0 Å². The maximum atomic E-state index is 3.00. The zero-order chi connectivity index (χ0) is 4.99. The van der Waals surface area contributed by atoms with Crippen LogP contribution in [-0.4, -0.2) is 20.3 Å². The molecule has 0 rings (SSSR count). The van der Waals surface area contributed by atoms with Crippen LogP contribution in [-0.2, 0) is 0 Å². The van der Waals surface area contributed by atoms with Crippen LogP contribution in [0.5, 0.6) is 0 Å². The molecule has 0 heterocycles. The number of hydrogen-bond acceptors (Lipinski definition) is 2. The Bertz CT molecular complexity index is 25.7. The van der Waals surface area contributed by atoms with Crippen LogP contribution in [0.4, 0.5) is 0 Å². The van der Waals surface area contributed by atoms with Gasteiger partial charge in [-0.15, -0.1) is 0 Å². The molecule has 0 radical (unpaired) electrons. The molecule has 0 saturated heterocycles. The Morgan fingerprint density at radius 2 is 1.25 bits per heavy atom. The fourth-order valence-electron chi connectivity index (χ4n) is 0.144. The highest BCUT2D eigenvalue weighted by atomic mass is 15.1. The number of hydrogen-bond donors (Lipinski definition) is 2. The highest BCUT2D eigenvalue weighted by Crippen LogP contribution is 1.61. The molecule has 2 nitrogen and oxygen atoms in total. The third-order valence-corrected chi connectivity index (χ3v) is 0.866. The second-order valence-electron chi connectivity index (χ2n) is 1.30. The smallest absolute Gasteiger partial charge is 0.0537 e. The second-order valence-corrected chi connectivity index (χ2v) is 1.30. The highest BCUT2D eigenvalue weighted by molar-refractivity contribution is 4.44. The van der Waals surface area contributed by atoms with Crippen molar-refractivity contribution in [1.29, 1.82) is 0 Å². The molecule has 0 amide bonds. The first-order chi connectivity index (χ1) is 2.81. The Labute approximate surface area is 53.7 Å². The van der Waals surface area contributed by atoms with E-state index in [2.05, 4.69) is 17.6 Å². The van der Waals surface area contributed by atoms with Crippen molar-refractivity contribution in [2.45, 2.75) is 27.9 Å². The van der Waals surface area contributed by atoms with Crippen molar-refractivity contribution in [2.24, 2.45) is 0 Å². The summed E-state index contributed by atoms with van der Waals surface area (Å²) in [4.78, 5) is 0. The summed E-state index contributed by atoms with van der Waals surface area (Å²) in [5.74, 6) is 0. The van der Waals surface area contributed by atoms with Crippen molar-refractivity contribution in [1.82, 2.24) is 10.6 Å². The van der Waals surface area contributed by atoms with Crippen LogP contribution in [0.1, 0.15) is 21.8 Å². The second kappa shape index (κ2) is 10.0. The molecular weight excluding hydrogens is 100 g/mol. The monoisotopic (exact) mass is 120 g/mol. The van der Waals surface area contributed by atoms with Crippen molar-refractivity contribution in [3.05, 3.63) is 0 Å². The summed E-state index contributed by atoms with van der Waals surface area (Å²) in [6.45, 7) is 2.06. The van der Waals surface area contributed by atoms with E-state index in [4.69, 9.17) is 0 Å². The zero-order valence-electron chi connectivity index (χ0n) is 4.58. The van der Waals surface area contributed by atoms with Crippen LogP contribution in [0, 0.1) is 0 Å². The topological polar surface area (TPSA) is 24.1 Å². The molecule has 0 aromatic rings. The van der Waals surface area contributed by atoms with Gasteiger partial charge in [-0.3, -0.25) is 0 Å². The Hall–Kier alpha value is -0.0800. The lowest BCUT2D eigenvalue weighted by Crippen LogP contribution is -2.34. The van der Waals surface area contributed by atoms with Crippen molar-refractivity contribution < 1.29 is 0 Å². The van der Waals surface area contributed by atoms with Gasteiger partial charge in [-0.2, -0.15) is 0 Å². The maximum absolute atomic E-state index is 3.00. The van der Waals surface area contributed by atoms with Crippen molar-refractivity contribution in [3.63, 3.8) is 0 Å². The van der Waals surface area contributed by atoms with E-state index in [1.54, 1.807) is 0 Å². The molecule has 0 unspecified atom stereocenters. The van der Waals surface area contributed by atoms with Gasteiger partial charge in [-0.25, -0.2) is 0 Å². The summed E-state index contributed by atoms with van der Waals surface area (Å²) in [5, 5.41) is 6.01. The molecule has 0 fully saturated rings. The Morgan fingerprint density at radius 3 is 1.25 bits per heavy atom. The molecule has 2 N–H and O–H groups in total. The average Bonchev–Trinajstić information content (AvgIpc) is 1.65. The predicted molar refractivity (Wildman–Crippen MR) is 41.0 cm³/mol. The van der Waals surface area contributed by atoms with E-state index >= 15 is 0 Å². The Kier molecular flexibility index (Phi) is 19.6. The van der Waals surface area contributed by atoms with Gasteiger partial charge in [0.2, 0.25) is 0 Å². The molecule has 8 heavy (non-hydrogen) atoms. The van der Waals surface area contributed by atoms with Crippen molar-refractivity contribution in [2.75, 3.05) is 14.1 Å². The zero-order valence-corrected chi connectivity index (χ0v) is 4.58. The summed E-state index contributed by atoms with van der Waals surface area (Å²) in [6.07, 6.45) is 0.435. The largest absolute Gasteiger partial charge is 0.305 e. The highest BCUT2D eigenvalue weighted by Gasteiger charge is 1.84. The molecule has 0 spiro atoms. The van der Waals surface area contributed by atoms with Gasteiger partial charge in [0, 0.05) is 0 Å². The third-order valence-electron chi connectivity index (χ3n) is 0.866. The van der Waals surface area contributed by atoms with E-state index in [9.17, 15) is 0 Å². The standard InChI is InChI=1S/C4H12N2.2CH4/c1-4(5-2)6-3;;/h4-6H,1-3H3;2*1H4. The normalized spacial score (nSPS) is 7.50. The van der Waals surface area contributed by atoms with E-state index in [1.165, 1.54) is 0 Å². The average molecular weight is 120 g/mol. The van der Waals surface area contributed by atoms with Gasteiger partial charge in [0.15, 0.2) is 0 Å². The summed E-state index contributed by atoms with van der Waals surface area (Å²) >= 11 is 0. The summed E-state index contributed by atoms with van der Waals surface area (Å²) in [7, 11) is 3.84. The lowest BCUT2D eigenvalue weighted by molar-refractivity contribution is 0.537. The first-order valence-electron chi connectivity index (χ1n) is 2.15. The first kappa shape index (κ1) is 15.7. The molecule has 0 aromatic heterocycles. The minimum atomic E-state index is 0. The van der Waals surface area contributed by atoms with Crippen LogP contribution >= 0.6 is 0 Å². The molecule has 0 atom stereocenters. The molecule has 0 aliphatic rings. The quantitative estimate of drug-likeness (QED) is 0.532. The van der Waals surface area contributed by atoms with Crippen LogP contribution in [0.15, 0.2) is 0 Å². The van der Waals surface area contributed by atoms with Crippen molar-refractivity contribution in [3.8, 4) is 0 Å². The minimum Gasteiger partial charge on any atom is -0.305 e. The van der Waals surface area contributed by atoms with Gasteiger partial charge < -0.3 is 10.6 Å². The van der Waals surface area contributed by atoms with E-state index in [-0.39, 0.29) is 14.9 Å². The number of nitrogens with one attached hydrogen (secondary N) is 2. The van der Waals surface area contributed by atoms with Gasteiger partial charge in [0.25, 0.3) is 0 Å². The van der Waals surface area contributed by atoms with Gasteiger partial charge in [0.1, 0.15) is 0 Å². The van der Waals surface area contributed by atoms with E-state index in [1.807, 2.05) is 14.1 Å². The lowest BCUT2D eigenvalue weighted by atomic mass is 10.6. The molecule has 0 bridgehead atoms. The van der Waals surface area contributed by atoms with E-state index in [0.29, 0.717) is 6.17 Å². The molecule has 0 saturated carbocycles. The minimum absolute atomic E-state index is 0.